The number of hydrogen-bond acceptors (Lipinski definition) is 6. The first-order valence-corrected chi connectivity index (χ1v) is 6.21. The number of halogens is 1. The predicted octanol–water partition coefficient (Wildman–Crippen LogP) is 1.82. The normalized spacial score (nSPS) is 10.3. The Morgan fingerprint density at radius 1 is 1.55 bits per heavy atom. The van der Waals surface area contributed by atoms with Crippen molar-refractivity contribution in [3.63, 3.8) is 0 Å². The number of nitro groups is 1. The van der Waals surface area contributed by atoms with Gasteiger partial charge in [-0.1, -0.05) is 0 Å². The zero-order chi connectivity index (χ0) is 14.7. The summed E-state index contributed by atoms with van der Waals surface area (Å²) in [5, 5.41) is 14.4. The molecule has 1 aromatic carbocycles. The van der Waals surface area contributed by atoms with E-state index in [1.165, 1.54) is 11.8 Å². The molecule has 0 spiro atoms. The molecule has 2 aromatic rings. The predicted molar refractivity (Wildman–Crippen MR) is 71.9 cm³/mol. The second-order valence-corrected chi connectivity index (χ2v) is 4.49. The molecule has 0 atom stereocenters. The van der Waals surface area contributed by atoms with Crippen molar-refractivity contribution in [2.24, 2.45) is 0 Å². The second-order valence-electron chi connectivity index (χ2n) is 3.78. The molecule has 1 heterocycles. The molecule has 0 radical (unpaired) electrons. The lowest BCUT2D eigenvalue weighted by Gasteiger charge is -2.07. The van der Waals surface area contributed by atoms with Crippen LogP contribution in [0.2, 0.25) is 0 Å². The highest BCUT2D eigenvalue weighted by molar-refractivity contribution is 9.10. The van der Waals surface area contributed by atoms with Crippen molar-refractivity contribution in [3.8, 4) is 5.75 Å². The maximum absolute atomic E-state index is 10.8. The van der Waals surface area contributed by atoms with Crippen molar-refractivity contribution in [2.45, 2.75) is 6.54 Å². The number of ether oxygens (including phenoxy) is 1. The van der Waals surface area contributed by atoms with E-state index in [1.54, 1.807) is 18.2 Å². The average molecular weight is 341 g/mol. The smallest absolute Gasteiger partial charge is 0.492 e. The number of hydrogen-bond donors (Lipinski definition) is 0. The van der Waals surface area contributed by atoms with Gasteiger partial charge in [-0.2, -0.15) is 4.68 Å². The van der Waals surface area contributed by atoms with Crippen LogP contribution in [0.25, 0.3) is 0 Å². The lowest BCUT2D eigenvalue weighted by Crippen LogP contribution is -2.05. The molecule has 0 N–H and O–H groups in total. The van der Waals surface area contributed by atoms with Crippen LogP contribution in [-0.2, 0) is 6.54 Å². The third-order valence-electron chi connectivity index (χ3n) is 2.54. The molecule has 0 fully saturated rings. The number of benzene rings is 1. The van der Waals surface area contributed by atoms with Crippen LogP contribution < -0.4 is 4.74 Å². The van der Waals surface area contributed by atoms with E-state index in [4.69, 9.17) is 4.74 Å². The molecule has 20 heavy (non-hydrogen) atoms. The Bertz CT molecular complexity index is 670. The van der Waals surface area contributed by atoms with Gasteiger partial charge in [-0.05, 0) is 28.1 Å². The number of methoxy groups -OCH3 is 1. The summed E-state index contributed by atoms with van der Waals surface area (Å²) < 4.78 is 6.72. The topological polar surface area (TPSA) is 100 Å². The highest BCUT2D eigenvalue weighted by Gasteiger charge is 2.20. The van der Waals surface area contributed by atoms with Crippen molar-refractivity contribution in [1.82, 2.24) is 14.8 Å². The van der Waals surface area contributed by atoms with Gasteiger partial charge in [-0.3, -0.25) is 4.79 Å². The van der Waals surface area contributed by atoms with Crippen LogP contribution in [0.4, 0.5) is 5.95 Å². The van der Waals surface area contributed by atoms with Crippen LogP contribution in [0.3, 0.4) is 0 Å². The molecule has 8 nitrogen and oxygen atoms in total. The van der Waals surface area contributed by atoms with E-state index < -0.39 is 10.9 Å². The molecule has 0 aliphatic heterocycles. The summed E-state index contributed by atoms with van der Waals surface area (Å²) >= 11 is 3.10. The van der Waals surface area contributed by atoms with Gasteiger partial charge in [0.1, 0.15) is 12.0 Å². The quantitative estimate of drug-likeness (QED) is 0.467. The first kappa shape index (κ1) is 14.1. The molecule has 0 saturated heterocycles. The number of aldehydes is 1. The van der Waals surface area contributed by atoms with E-state index in [-0.39, 0.29) is 11.3 Å². The van der Waals surface area contributed by atoms with Gasteiger partial charge in [0.25, 0.3) is 4.73 Å². The van der Waals surface area contributed by atoms with Gasteiger partial charge in [-0.15, -0.1) is 0 Å². The van der Waals surface area contributed by atoms with E-state index in [0.717, 1.165) is 0 Å². The van der Waals surface area contributed by atoms with Crippen molar-refractivity contribution in [3.05, 3.63) is 44.2 Å². The Balaban J connectivity index is 2.38. The van der Waals surface area contributed by atoms with Crippen molar-refractivity contribution < 1.29 is 14.5 Å². The number of carbonyl (C=O) groups excluding carboxylic acids is 1. The zero-order valence-electron chi connectivity index (χ0n) is 10.3. The maximum atomic E-state index is 10.8. The SMILES string of the molecule is COc1ccc(C=O)cc1Cn1nc([N+](=O)[O-])nc1Br. The third-order valence-corrected chi connectivity index (χ3v) is 3.13. The molecule has 0 aliphatic rings. The summed E-state index contributed by atoms with van der Waals surface area (Å²) in [5.74, 6) is 0.0584. The van der Waals surface area contributed by atoms with Crippen LogP contribution in [0, 0.1) is 10.1 Å². The van der Waals surface area contributed by atoms with E-state index in [0.29, 0.717) is 23.2 Å². The van der Waals surface area contributed by atoms with Crippen LogP contribution in [-0.4, -0.2) is 33.1 Å². The van der Waals surface area contributed by atoms with Crippen LogP contribution in [0.5, 0.6) is 5.75 Å². The van der Waals surface area contributed by atoms with Crippen molar-refractivity contribution in [2.75, 3.05) is 7.11 Å². The largest absolute Gasteiger partial charge is 0.496 e. The standard InChI is InChI=1S/C11H9BrN4O4/c1-20-9-3-2-7(6-17)4-8(9)5-15-10(12)13-11(14-15)16(18)19/h2-4,6H,5H2,1H3. The van der Waals surface area contributed by atoms with Gasteiger partial charge < -0.3 is 14.9 Å². The fraction of sp³-hybridized carbons (Fsp3) is 0.182. The molecule has 1 aromatic heterocycles. The third kappa shape index (κ3) is 2.82. The molecule has 9 heteroatoms. The van der Waals surface area contributed by atoms with Gasteiger partial charge in [0.15, 0.2) is 0 Å². The van der Waals surface area contributed by atoms with Crippen LogP contribution in [0.1, 0.15) is 15.9 Å². The summed E-state index contributed by atoms with van der Waals surface area (Å²) in [7, 11) is 1.50. The van der Waals surface area contributed by atoms with Crippen LogP contribution in [0.15, 0.2) is 22.9 Å². The molecule has 104 valence electrons. The van der Waals surface area contributed by atoms with E-state index in [9.17, 15) is 14.9 Å². The number of aromatic nitrogens is 3. The van der Waals surface area contributed by atoms with Crippen LogP contribution >= 0.6 is 15.9 Å². The molecule has 0 bridgehead atoms. The molecule has 0 unspecified atom stereocenters. The summed E-state index contributed by atoms with van der Waals surface area (Å²) in [6.45, 7) is 0.187. The number of carbonyl (C=O) groups is 1. The minimum absolute atomic E-state index is 0.187. The molecule has 0 amide bonds. The monoisotopic (exact) mass is 340 g/mol. The maximum Gasteiger partial charge on any atom is 0.492 e. The summed E-state index contributed by atoms with van der Waals surface area (Å²) in [6.07, 6.45) is 0.710. The Morgan fingerprint density at radius 3 is 2.85 bits per heavy atom. The Kier molecular flexibility index (Phi) is 4.08. The van der Waals surface area contributed by atoms with E-state index in [2.05, 4.69) is 26.0 Å². The number of nitrogens with zero attached hydrogens (tertiary/aromatic N) is 4. The first-order chi connectivity index (χ1) is 9.55. The second kappa shape index (κ2) is 5.78. The zero-order valence-corrected chi connectivity index (χ0v) is 11.9. The Labute approximate surface area is 121 Å². The minimum Gasteiger partial charge on any atom is -0.496 e. The number of rotatable bonds is 5. The fourth-order valence-electron chi connectivity index (χ4n) is 1.65. The van der Waals surface area contributed by atoms with Gasteiger partial charge in [-0.25, -0.2) is 0 Å². The lowest BCUT2D eigenvalue weighted by molar-refractivity contribution is -0.394. The highest BCUT2D eigenvalue weighted by atomic mass is 79.9. The van der Waals surface area contributed by atoms with Gasteiger partial charge >= 0.3 is 5.95 Å². The van der Waals surface area contributed by atoms with Gasteiger partial charge in [0.05, 0.1) is 13.7 Å². The summed E-state index contributed by atoms with van der Waals surface area (Å²) in [5.41, 5.74) is 1.14. The van der Waals surface area contributed by atoms with E-state index in [1.807, 2.05) is 0 Å². The average Bonchev–Trinajstić information content (AvgIpc) is 2.80. The molecular formula is C11H9BrN4O4. The molecular weight excluding hydrogens is 332 g/mol. The summed E-state index contributed by atoms with van der Waals surface area (Å²) in [4.78, 5) is 24.4. The lowest BCUT2D eigenvalue weighted by atomic mass is 10.1. The molecule has 0 aliphatic carbocycles. The Hall–Kier alpha value is -2.29. The van der Waals surface area contributed by atoms with Gasteiger partial charge in [0, 0.05) is 32.2 Å². The Morgan fingerprint density at radius 2 is 2.30 bits per heavy atom. The van der Waals surface area contributed by atoms with E-state index >= 15 is 0 Å². The summed E-state index contributed by atoms with van der Waals surface area (Å²) in [6, 6.07) is 4.90. The van der Waals surface area contributed by atoms with Crippen molar-refractivity contribution >= 4 is 28.2 Å². The molecule has 2 rings (SSSR count). The molecule has 0 saturated carbocycles. The first-order valence-electron chi connectivity index (χ1n) is 5.42. The van der Waals surface area contributed by atoms with Crippen molar-refractivity contribution in [1.29, 1.82) is 0 Å². The fourth-order valence-corrected chi connectivity index (χ4v) is 2.01. The highest BCUT2D eigenvalue weighted by Crippen LogP contribution is 2.22. The minimum atomic E-state index is -0.680. The van der Waals surface area contributed by atoms with Gasteiger partial charge in [0.2, 0.25) is 0 Å².